The molecule has 0 aliphatic heterocycles. The molecule has 1 rings (SSSR count). The minimum absolute atomic E-state index is 0.295. The van der Waals surface area contributed by atoms with Gasteiger partial charge in [0, 0.05) is 4.47 Å². The van der Waals surface area contributed by atoms with E-state index in [0.29, 0.717) is 22.2 Å². The van der Waals surface area contributed by atoms with Gasteiger partial charge in [0.25, 0.3) is 0 Å². The van der Waals surface area contributed by atoms with Gasteiger partial charge in [-0.1, -0.05) is 6.07 Å². The Balaban J connectivity index is 3.15. The van der Waals surface area contributed by atoms with Crippen LogP contribution < -0.4 is 0 Å². The summed E-state index contributed by atoms with van der Waals surface area (Å²) in [6, 6.07) is 6.93. The number of benzene rings is 1. The second-order valence-corrected chi connectivity index (χ2v) is 3.35. The van der Waals surface area contributed by atoms with Crippen LogP contribution in [0.5, 0.6) is 0 Å². The summed E-state index contributed by atoms with van der Waals surface area (Å²) >= 11 is 3.20. The molecule has 0 radical (unpaired) electrons. The number of esters is 1. The first-order valence-electron chi connectivity index (χ1n) is 4.06. The molecule has 0 bridgehead atoms. The minimum atomic E-state index is -0.467. The van der Waals surface area contributed by atoms with Gasteiger partial charge in [-0.2, -0.15) is 5.26 Å². The van der Waals surface area contributed by atoms with E-state index in [-0.39, 0.29) is 0 Å². The topological polar surface area (TPSA) is 50.1 Å². The molecule has 1 aromatic rings. The molecule has 0 saturated carbocycles. The van der Waals surface area contributed by atoms with Gasteiger partial charge in [-0.05, 0) is 35.0 Å². The monoisotopic (exact) mass is 253 g/mol. The summed E-state index contributed by atoms with van der Waals surface area (Å²) in [6.07, 6.45) is 0. The van der Waals surface area contributed by atoms with Crippen LogP contribution in [-0.2, 0) is 4.74 Å². The Morgan fingerprint density at radius 2 is 2.36 bits per heavy atom. The van der Waals surface area contributed by atoms with Crippen LogP contribution in [0, 0.1) is 11.3 Å². The molecule has 0 aliphatic rings. The fourth-order valence-electron chi connectivity index (χ4n) is 1.02. The van der Waals surface area contributed by atoms with Crippen molar-refractivity contribution in [3.63, 3.8) is 0 Å². The lowest BCUT2D eigenvalue weighted by Gasteiger charge is -2.04. The number of hydrogen-bond acceptors (Lipinski definition) is 3. The summed E-state index contributed by atoms with van der Waals surface area (Å²) in [4.78, 5) is 11.4. The predicted molar refractivity (Wildman–Crippen MR) is 54.8 cm³/mol. The zero-order valence-corrected chi connectivity index (χ0v) is 9.17. The second-order valence-electron chi connectivity index (χ2n) is 2.49. The van der Waals surface area contributed by atoms with Crippen LogP contribution in [0.4, 0.5) is 0 Å². The summed E-state index contributed by atoms with van der Waals surface area (Å²) in [6.45, 7) is 2.03. The highest BCUT2D eigenvalue weighted by atomic mass is 79.9. The fourth-order valence-corrected chi connectivity index (χ4v) is 1.47. The molecule has 0 atom stereocenters. The van der Waals surface area contributed by atoms with Crippen molar-refractivity contribution in [3.8, 4) is 6.07 Å². The lowest BCUT2D eigenvalue weighted by atomic mass is 10.1. The number of hydrogen-bond donors (Lipinski definition) is 0. The van der Waals surface area contributed by atoms with Gasteiger partial charge in [-0.25, -0.2) is 4.79 Å². The number of carbonyl (C=O) groups excluding carboxylic acids is 1. The molecule has 4 heteroatoms. The molecule has 0 unspecified atom stereocenters. The summed E-state index contributed by atoms with van der Waals surface area (Å²) in [7, 11) is 0. The Hall–Kier alpha value is -1.34. The molecule has 14 heavy (non-hydrogen) atoms. The number of rotatable bonds is 2. The molecule has 1 aromatic carbocycles. The highest BCUT2D eigenvalue weighted by Crippen LogP contribution is 2.20. The first-order valence-corrected chi connectivity index (χ1v) is 4.85. The van der Waals surface area contributed by atoms with Crippen molar-refractivity contribution in [3.05, 3.63) is 33.8 Å². The van der Waals surface area contributed by atoms with Gasteiger partial charge in [0.2, 0.25) is 0 Å². The van der Waals surface area contributed by atoms with E-state index < -0.39 is 5.97 Å². The van der Waals surface area contributed by atoms with Gasteiger partial charge in [0.15, 0.2) is 0 Å². The first-order chi connectivity index (χ1) is 6.70. The van der Waals surface area contributed by atoms with Crippen molar-refractivity contribution in [2.75, 3.05) is 6.61 Å². The van der Waals surface area contributed by atoms with E-state index in [2.05, 4.69) is 15.9 Å². The van der Waals surface area contributed by atoms with E-state index in [9.17, 15) is 4.79 Å². The Morgan fingerprint density at radius 3 is 2.93 bits per heavy atom. The molecule has 0 aromatic heterocycles. The average molecular weight is 254 g/mol. The van der Waals surface area contributed by atoms with Gasteiger partial charge < -0.3 is 4.74 Å². The van der Waals surface area contributed by atoms with Crippen LogP contribution in [-0.4, -0.2) is 12.6 Å². The Morgan fingerprint density at radius 1 is 1.64 bits per heavy atom. The van der Waals surface area contributed by atoms with Crippen LogP contribution >= 0.6 is 15.9 Å². The van der Waals surface area contributed by atoms with Crippen LogP contribution in [0.25, 0.3) is 0 Å². The normalized spacial score (nSPS) is 9.21. The largest absolute Gasteiger partial charge is 0.462 e. The van der Waals surface area contributed by atoms with Gasteiger partial charge >= 0.3 is 5.97 Å². The lowest BCUT2D eigenvalue weighted by molar-refractivity contribution is 0.0526. The van der Waals surface area contributed by atoms with E-state index in [4.69, 9.17) is 10.00 Å². The summed E-state index contributed by atoms with van der Waals surface area (Å²) in [5.41, 5.74) is 0.606. The maximum Gasteiger partial charge on any atom is 0.339 e. The third-order valence-electron chi connectivity index (χ3n) is 1.62. The highest BCUT2D eigenvalue weighted by Gasteiger charge is 2.13. The summed E-state index contributed by atoms with van der Waals surface area (Å²) < 4.78 is 5.42. The fraction of sp³-hybridized carbons (Fsp3) is 0.200. The maximum absolute atomic E-state index is 11.4. The van der Waals surface area contributed by atoms with Crippen molar-refractivity contribution < 1.29 is 9.53 Å². The van der Waals surface area contributed by atoms with Crippen molar-refractivity contribution in [1.82, 2.24) is 0 Å². The zero-order chi connectivity index (χ0) is 10.6. The van der Waals surface area contributed by atoms with Gasteiger partial charge in [-0.15, -0.1) is 0 Å². The number of halogens is 1. The third kappa shape index (κ3) is 2.12. The Labute approximate surface area is 90.4 Å². The van der Waals surface area contributed by atoms with E-state index in [0.717, 1.165) is 0 Å². The van der Waals surface area contributed by atoms with Crippen LogP contribution in [0.15, 0.2) is 22.7 Å². The van der Waals surface area contributed by atoms with Gasteiger partial charge in [0.05, 0.1) is 17.7 Å². The quantitative estimate of drug-likeness (QED) is 0.762. The van der Waals surface area contributed by atoms with Gasteiger partial charge in [-0.3, -0.25) is 0 Å². The summed E-state index contributed by atoms with van der Waals surface area (Å²) in [5.74, 6) is -0.467. The van der Waals surface area contributed by atoms with Crippen LogP contribution in [0.2, 0.25) is 0 Å². The zero-order valence-electron chi connectivity index (χ0n) is 7.58. The van der Waals surface area contributed by atoms with E-state index in [1.165, 1.54) is 0 Å². The number of ether oxygens (including phenoxy) is 1. The molecular formula is C10H8BrNO2. The van der Waals surface area contributed by atoms with Crippen molar-refractivity contribution in [1.29, 1.82) is 5.26 Å². The van der Waals surface area contributed by atoms with Crippen molar-refractivity contribution in [2.45, 2.75) is 6.92 Å². The third-order valence-corrected chi connectivity index (χ3v) is 2.28. The molecule has 3 nitrogen and oxygen atoms in total. The first kappa shape index (κ1) is 10.7. The Bertz CT molecular complexity index is 396. The van der Waals surface area contributed by atoms with Crippen molar-refractivity contribution >= 4 is 21.9 Å². The number of carbonyl (C=O) groups is 1. The molecule has 0 amide bonds. The molecule has 0 saturated heterocycles. The van der Waals surface area contributed by atoms with E-state index in [1.54, 1.807) is 25.1 Å². The smallest absolute Gasteiger partial charge is 0.339 e. The van der Waals surface area contributed by atoms with Crippen LogP contribution in [0.3, 0.4) is 0 Å². The lowest BCUT2D eigenvalue weighted by Crippen LogP contribution is -2.07. The molecular weight excluding hydrogens is 246 g/mol. The van der Waals surface area contributed by atoms with Crippen LogP contribution in [0.1, 0.15) is 22.8 Å². The molecule has 72 valence electrons. The highest BCUT2D eigenvalue weighted by molar-refractivity contribution is 9.10. The number of nitriles is 1. The van der Waals surface area contributed by atoms with E-state index in [1.807, 2.05) is 6.07 Å². The standard InChI is InChI=1S/C10H8BrNO2/c1-2-14-10(13)7-4-3-5-9(11)8(7)6-12/h3-5H,2H2,1H3. The van der Waals surface area contributed by atoms with Gasteiger partial charge in [0.1, 0.15) is 6.07 Å². The van der Waals surface area contributed by atoms with E-state index >= 15 is 0 Å². The second kappa shape index (κ2) is 4.77. The van der Waals surface area contributed by atoms with Crippen molar-refractivity contribution in [2.24, 2.45) is 0 Å². The molecule has 0 spiro atoms. The molecule has 0 N–H and O–H groups in total. The predicted octanol–water partition coefficient (Wildman–Crippen LogP) is 2.50. The molecule has 0 fully saturated rings. The summed E-state index contributed by atoms with van der Waals surface area (Å²) in [5, 5.41) is 8.83. The number of nitrogens with zero attached hydrogens (tertiary/aromatic N) is 1. The minimum Gasteiger partial charge on any atom is -0.462 e. The maximum atomic E-state index is 11.4. The molecule has 0 aliphatic carbocycles. The SMILES string of the molecule is CCOC(=O)c1cccc(Br)c1C#N. The molecule has 0 heterocycles. The average Bonchev–Trinajstić information content (AvgIpc) is 2.17. The Kier molecular flexibility index (Phi) is 3.66.